The van der Waals surface area contributed by atoms with E-state index in [-0.39, 0.29) is 0 Å². The number of benzene rings is 2. The number of rotatable bonds is 3. The Labute approximate surface area is 107 Å². The van der Waals surface area contributed by atoms with Crippen molar-refractivity contribution in [3.8, 4) is 35.0 Å². The Morgan fingerprint density at radius 1 is 0.889 bits per heavy atom. The molecule has 0 bridgehead atoms. The zero-order valence-corrected chi connectivity index (χ0v) is 10.4. The van der Waals surface area contributed by atoms with Crippen LogP contribution in [0.2, 0.25) is 0 Å². The second kappa shape index (κ2) is 5.29. The number of terminal acetylenes is 1. The summed E-state index contributed by atoms with van der Waals surface area (Å²) in [6.45, 7) is 0. The van der Waals surface area contributed by atoms with Gasteiger partial charge >= 0.3 is 0 Å². The van der Waals surface area contributed by atoms with E-state index >= 15 is 0 Å². The summed E-state index contributed by atoms with van der Waals surface area (Å²) < 4.78 is 10.3. The highest BCUT2D eigenvalue weighted by atomic mass is 16.5. The lowest BCUT2D eigenvalue weighted by atomic mass is 10.00. The third-order valence-electron chi connectivity index (χ3n) is 2.78. The zero-order valence-electron chi connectivity index (χ0n) is 10.4. The molecule has 2 aromatic rings. The molecular formula is C16H14O2. The molecule has 0 saturated carbocycles. The van der Waals surface area contributed by atoms with Crippen LogP contribution in [-0.4, -0.2) is 14.2 Å². The molecule has 0 unspecified atom stereocenters. The highest BCUT2D eigenvalue weighted by Gasteiger charge is 2.05. The van der Waals surface area contributed by atoms with Gasteiger partial charge in [0, 0.05) is 5.56 Å². The van der Waals surface area contributed by atoms with E-state index < -0.39 is 0 Å². The van der Waals surface area contributed by atoms with Crippen molar-refractivity contribution in [2.24, 2.45) is 0 Å². The summed E-state index contributed by atoms with van der Waals surface area (Å²) in [4.78, 5) is 0. The molecular weight excluding hydrogens is 224 g/mol. The van der Waals surface area contributed by atoms with E-state index in [0.29, 0.717) is 0 Å². The maximum absolute atomic E-state index is 5.54. The fourth-order valence-electron chi connectivity index (χ4n) is 1.79. The summed E-state index contributed by atoms with van der Waals surface area (Å²) in [5.74, 6) is 4.28. The molecule has 0 aromatic heterocycles. The summed E-state index contributed by atoms with van der Waals surface area (Å²) >= 11 is 0. The summed E-state index contributed by atoms with van der Waals surface area (Å²) in [7, 11) is 3.28. The van der Waals surface area contributed by atoms with Crippen LogP contribution in [0.15, 0.2) is 42.5 Å². The van der Waals surface area contributed by atoms with Crippen LogP contribution in [0.25, 0.3) is 11.1 Å². The molecule has 18 heavy (non-hydrogen) atoms. The van der Waals surface area contributed by atoms with Crippen molar-refractivity contribution in [3.05, 3.63) is 48.0 Å². The van der Waals surface area contributed by atoms with Gasteiger partial charge in [0.25, 0.3) is 0 Å². The molecule has 0 aliphatic carbocycles. The van der Waals surface area contributed by atoms with Crippen LogP contribution < -0.4 is 9.47 Å². The Balaban J connectivity index is 2.46. The molecule has 0 aliphatic heterocycles. The molecule has 2 nitrogen and oxygen atoms in total. The average molecular weight is 238 g/mol. The maximum atomic E-state index is 5.54. The molecule has 0 spiro atoms. The molecule has 2 rings (SSSR count). The Morgan fingerprint density at radius 2 is 1.50 bits per heavy atom. The number of hydrogen-bond acceptors (Lipinski definition) is 2. The van der Waals surface area contributed by atoms with Gasteiger partial charge in [-0.1, -0.05) is 18.1 Å². The lowest BCUT2D eigenvalue weighted by molar-refractivity contribution is 0.414. The first-order chi connectivity index (χ1) is 8.78. The van der Waals surface area contributed by atoms with Crippen molar-refractivity contribution in [1.82, 2.24) is 0 Å². The first kappa shape index (κ1) is 12.1. The molecule has 0 saturated heterocycles. The predicted octanol–water partition coefficient (Wildman–Crippen LogP) is 3.35. The second-order valence-electron chi connectivity index (χ2n) is 3.78. The monoisotopic (exact) mass is 238 g/mol. The molecule has 0 radical (unpaired) electrons. The lowest BCUT2D eigenvalue weighted by Crippen LogP contribution is -1.88. The van der Waals surface area contributed by atoms with Crippen molar-refractivity contribution < 1.29 is 9.47 Å². The lowest BCUT2D eigenvalue weighted by Gasteiger charge is -2.08. The smallest absolute Gasteiger partial charge is 0.120 e. The predicted molar refractivity (Wildman–Crippen MR) is 72.9 cm³/mol. The molecule has 2 aromatic carbocycles. The Hall–Kier alpha value is -2.40. The van der Waals surface area contributed by atoms with Crippen molar-refractivity contribution in [2.45, 2.75) is 0 Å². The molecule has 0 aliphatic rings. The van der Waals surface area contributed by atoms with Crippen LogP contribution in [0.3, 0.4) is 0 Å². The third-order valence-corrected chi connectivity index (χ3v) is 2.78. The van der Waals surface area contributed by atoms with Crippen molar-refractivity contribution in [3.63, 3.8) is 0 Å². The summed E-state index contributed by atoms with van der Waals surface area (Å²) in [5.41, 5.74) is 2.90. The standard InChI is InChI=1S/C16H14O2/c1-4-12-11-15(18-3)9-10-16(12)13-5-7-14(17-2)8-6-13/h1,5-11H,2-3H3. The van der Waals surface area contributed by atoms with Crippen molar-refractivity contribution >= 4 is 0 Å². The van der Waals surface area contributed by atoms with Crippen LogP contribution >= 0.6 is 0 Å². The van der Waals surface area contributed by atoms with E-state index in [1.54, 1.807) is 14.2 Å². The van der Waals surface area contributed by atoms with Gasteiger partial charge in [0.05, 0.1) is 14.2 Å². The van der Waals surface area contributed by atoms with Crippen molar-refractivity contribution in [2.75, 3.05) is 14.2 Å². The SMILES string of the molecule is C#Cc1cc(OC)ccc1-c1ccc(OC)cc1. The van der Waals surface area contributed by atoms with E-state index in [1.165, 1.54) is 0 Å². The molecule has 0 atom stereocenters. The Bertz CT molecular complexity index is 577. The second-order valence-corrected chi connectivity index (χ2v) is 3.78. The average Bonchev–Trinajstić information content (AvgIpc) is 2.46. The fourth-order valence-corrected chi connectivity index (χ4v) is 1.79. The van der Waals surface area contributed by atoms with Crippen LogP contribution in [0, 0.1) is 12.3 Å². The molecule has 0 fully saturated rings. The molecule has 0 heterocycles. The van der Waals surface area contributed by atoms with E-state index in [1.807, 2.05) is 42.5 Å². The summed E-state index contributed by atoms with van der Waals surface area (Å²) in [5, 5.41) is 0. The number of methoxy groups -OCH3 is 2. The van der Waals surface area contributed by atoms with Gasteiger partial charge in [0.2, 0.25) is 0 Å². The Kier molecular flexibility index (Phi) is 3.54. The largest absolute Gasteiger partial charge is 0.497 e. The van der Waals surface area contributed by atoms with Gasteiger partial charge in [-0.3, -0.25) is 0 Å². The minimum absolute atomic E-state index is 0.764. The maximum Gasteiger partial charge on any atom is 0.120 e. The number of ether oxygens (including phenoxy) is 2. The van der Waals surface area contributed by atoms with Crippen LogP contribution in [0.5, 0.6) is 11.5 Å². The summed E-state index contributed by atoms with van der Waals surface area (Å²) in [6, 6.07) is 13.5. The van der Waals surface area contributed by atoms with E-state index in [2.05, 4.69) is 5.92 Å². The van der Waals surface area contributed by atoms with E-state index in [9.17, 15) is 0 Å². The van der Waals surface area contributed by atoms with Gasteiger partial charge < -0.3 is 9.47 Å². The third kappa shape index (κ3) is 2.31. The normalized spacial score (nSPS) is 9.61. The van der Waals surface area contributed by atoms with E-state index in [0.717, 1.165) is 28.2 Å². The van der Waals surface area contributed by atoms with E-state index in [4.69, 9.17) is 15.9 Å². The molecule has 0 N–H and O–H groups in total. The van der Waals surface area contributed by atoms with Crippen LogP contribution in [0.4, 0.5) is 0 Å². The quantitative estimate of drug-likeness (QED) is 0.763. The highest BCUT2D eigenvalue weighted by molar-refractivity contribution is 5.72. The van der Waals surface area contributed by atoms with Gasteiger partial charge in [-0.05, 0) is 41.5 Å². The molecule has 2 heteroatoms. The minimum Gasteiger partial charge on any atom is -0.497 e. The topological polar surface area (TPSA) is 18.5 Å². The van der Waals surface area contributed by atoms with Crippen molar-refractivity contribution in [1.29, 1.82) is 0 Å². The summed E-state index contributed by atoms with van der Waals surface area (Å²) in [6.07, 6.45) is 5.54. The van der Waals surface area contributed by atoms with Gasteiger partial charge in [-0.15, -0.1) is 6.42 Å². The minimum atomic E-state index is 0.764. The zero-order chi connectivity index (χ0) is 13.0. The molecule has 90 valence electrons. The van der Waals surface area contributed by atoms with Crippen LogP contribution in [-0.2, 0) is 0 Å². The van der Waals surface area contributed by atoms with Gasteiger partial charge in [0.15, 0.2) is 0 Å². The van der Waals surface area contributed by atoms with Gasteiger partial charge in [-0.25, -0.2) is 0 Å². The fraction of sp³-hybridized carbons (Fsp3) is 0.125. The first-order valence-electron chi connectivity index (χ1n) is 5.57. The Morgan fingerprint density at radius 3 is 2.06 bits per heavy atom. The van der Waals surface area contributed by atoms with Crippen LogP contribution in [0.1, 0.15) is 5.56 Å². The highest BCUT2D eigenvalue weighted by Crippen LogP contribution is 2.28. The molecule has 0 amide bonds. The van der Waals surface area contributed by atoms with Gasteiger partial charge in [0.1, 0.15) is 11.5 Å². The number of hydrogen-bond donors (Lipinski definition) is 0. The first-order valence-corrected chi connectivity index (χ1v) is 5.57. The van der Waals surface area contributed by atoms with Gasteiger partial charge in [-0.2, -0.15) is 0 Å².